The molecule has 0 bridgehead atoms. The number of anilines is 1. The number of hydrogen-bond acceptors (Lipinski definition) is 3. The van der Waals surface area contributed by atoms with Gasteiger partial charge in [0.25, 0.3) is 0 Å². The van der Waals surface area contributed by atoms with Gasteiger partial charge in [0.2, 0.25) is 11.8 Å². The Morgan fingerprint density at radius 2 is 1.89 bits per heavy atom. The van der Waals surface area contributed by atoms with E-state index in [-0.39, 0.29) is 30.3 Å². The van der Waals surface area contributed by atoms with Crippen molar-refractivity contribution in [3.8, 4) is 0 Å². The summed E-state index contributed by atoms with van der Waals surface area (Å²) in [7, 11) is 0. The minimum atomic E-state index is -0.188. The molecule has 0 aromatic heterocycles. The van der Waals surface area contributed by atoms with Crippen molar-refractivity contribution in [3.63, 3.8) is 0 Å². The number of nitrogens with one attached hydrogen (secondary N) is 1. The molecule has 1 heterocycles. The molecular formula is C23H23N3O2. The Balaban J connectivity index is 1.39. The number of benzene rings is 2. The van der Waals surface area contributed by atoms with Crippen molar-refractivity contribution >= 4 is 28.9 Å². The number of carbonyl (C=O) groups excluding carboxylic acids is 2. The summed E-state index contributed by atoms with van der Waals surface area (Å²) in [4.78, 5) is 32.5. The third kappa shape index (κ3) is 2.91. The maximum Gasteiger partial charge on any atom is 0.240 e. The molecule has 3 aliphatic rings. The molecule has 1 N–H and O–H groups in total. The minimum absolute atomic E-state index is 0.00294. The molecule has 5 rings (SSSR count). The van der Waals surface area contributed by atoms with E-state index in [2.05, 4.69) is 17.4 Å². The van der Waals surface area contributed by atoms with Crippen LogP contribution >= 0.6 is 0 Å². The van der Waals surface area contributed by atoms with Crippen LogP contribution in [0.2, 0.25) is 0 Å². The van der Waals surface area contributed by atoms with Gasteiger partial charge < -0.3 is 10.2 Å². The third-order valence-corrected chi connectivity index (χ3v) is 6.10. The van der Waals surface area contributed by atoms with Crippen molar-refractivity contribution in [1.82, 2.24) is 5.32 Å². The Kier molecular flexibility index (Phi) is 4.23. The lowest BCUT2D eigenvalue weighted by molar-refractivity contribution is -0.125. The number of aryl methyl sites for hydroxylation is 1. The summed E-state index contributed by atoms with van der Waals surface area (Å²) in [6.07, 6.45) is 4.55. The molecule has 0 radical (unpaired) electrons. The fourth-order valence-corrected chi connectivity index (χ4v) is 4.73. The molecule has 28 heavy (non-hydrogen) atoms. The Morgan fingerprint density at radius 3 is 2.82 bits per heavy atom. The quantitative estimate of drug-likeness (QED) is 0.891. The first-order chi connectivity index (χ1) is 13.7. The maximum atomic E-state index is 13.2. The molecule has 2 aromatic rings. The largest absolute Gasteiger partial charge is 0.348 e. The number of rotatable bonds is 3. The highest BCUT2D eigenvalue weighted by molar-refractivity contribution is 6.16. The van der Waals surface area contributed by atoms with Gasteiger partial charge in [0, 0.05) is 5.71 Å². The highest BCUT2D eigenvalue weighted by atomic mass is 16.2. The van der Waals surface area contributed by atoms with Gasteiger partial charge >= 0.3 is 0 Å². The van der Waals surface area contributed by atoms with Crippen LogP contribution in [0, 0.1) is 5.92 Å². The van der Waals surface area contributed by atoms with Crippen LogP contribution in [-0.2, 0) is 16.0 Å². The van der Waals surface area contributed by atoms with Gasteiger partial charge in [0.1, 0.15) is 6.54 Å². The van der Waals surface area contributed by atoms with E-state index < -0.39 is 0 Å². The lowest BCUT2D eigenvalue weighted by atomic mass is 10.0. The molecule has 2 atom stereocenters. The van der Waals surface area contributed by atoms with Crippen LogP contribution in [0.1, 0.15) is 42.9 Å². The predicted octanol–water partition coefficient (Wildman–Crippen LogP) is 3.71. The molecule has 5 nitrogen and oxygen atoms in total. The Morgan fingerprint density at radius 1 is 1.07 bits per heavy atom. The molecule has 1 saturated carbocycles. The number of para-hydroxylation sites is 2. The minimum Gasteiger partial charge on any atom is -0.348 e. The van der Waals surface area contributed by atoms with E-state index in [1.807, 2.05) is 36.4 Å². The first-order valence-corrected chi connectivity index (χ1v) is 10.1. The van der Waals surface area contributed by atoms with E-state index in [4.69, 9.17) is 4.99 Å². The molecule has 0 spiro atoms. The molecule has 1 fully saturated rings. The molecule has 1 aliphatic heterocycles. The number of carbonyl (C=O) groups is 2. The number of amides is 2. The standard InChI is InChI=1S/C23H23N3O2/c27-22(25-19-13-12-15-6-1-2-7-16(15)19)14-26-21-11-4-3-9-20(21)24-18-10-5-8-17(18)23(26)28/h1-4,6-7,9,11,17,19H,5,8,10,12-14H2,(H,25,27). The highest BCUT2D eigenvalue weighted by Gasteiger charge is 2.37. The SMILES string of the molecule is O=C(CN1C(=O)C2CCCC2=Nc2ccccc21)NC1CCc2ccccc21. The molecule has 2 unspecified atom stereocenters. The van der Waals surface area contributed by atoms with Crippen LogP contribution in [0.25, 0.3) is 0 Å². The van der Waals surface area contributed by atoms with Crippen molar-refractivity contribution in [2.45, 2.75) is 38.1 Å². The Bertz CT molecular complexity index is 981. The summed E-state index contributed by atoms with van der Waals surface area (Å²) in [5.74, 6) is -0.304. The molecule has 0 saturated heterocycles. The lowest BCUT2D eigenvalue weighted by Crippen LogP contribution is -2.44. The fourth-order valence-electron chi connectivity index (χ4n) is 4.73. The fraction of sp³-hybridized carbons (Fsp3) is 0.348. The summed E-state index contributed by atoms with van der Waals surface area (Å²) in [5, 5.41) is 3.14. The number of hydrogen-bond donors (Lipinski definition) is 1. The van der Waals surface area contributed by atoms with Crippen LogP contribution in [0.5, 0.6) is 0 Å². The molecule has 142 valence electrons. The van der Waals surface area contributed by atoms with Crippen LogP contribution in [-0.4, -0.2) is 24.1 Å². The Hall–Kier alpha value is -2.95. The van der Waals surface area contributed by atoms with E-state index in [1.54, 1.807) is 4.90 Å². The average molecular weight is 373 g/mol. The first kappa shape index (κ1) is 17.2. The molecule has 2 aliphatic carbocycles. The summed E-state index contributed by atoms with van der Waals surface area (Å²) >= 11 is 0. The molecule has 2 amide bonds. The molecular weight excluding hydrogens is 350 g/mol. The second-order valence-electron chi connectivity index (χ2n) is 7.82. The van der Waals surface area contributed by atoms with Gasteiger partial charge in [0.05, 0.1) is 23.3 Å². The summed E-state index contributed by atoms with van der Waals surface area (Å²) in [6.45, 7) is 0.0355. The van der Waals surface area contributed by atoms with Crippen molar-refractivity contribution in [2.24, 2.45) is 10.9 Å². The lowest BCUT2D eigenvalue weighted by Gasteiger charge is -2.25. The topological polar surface area (TPSA) is 61.8 Å². The van der Waals surface area contributed by atoms with E-state index in [1.165, 1.54) is 11.1 Å². The average Bonchev–Trinajstić information content (AvgIpc) is 3.31. The van der Waals surface area contributed by atoms with E-state index in [0.717, 1.165) is 49.2 Å². The second-order valence-corrected chi connectivity index (χ2v) is 7.82. The zero-order valence-electron chi connectivity index (χ0n) is 15.7. The zero-order chi connectivity index (χ0) is 19.1. The van der Waals surface area contributed by atoms with Crippen LogP contribution in [0.4, 0.5) is 11.4 Å². The van der Waals surface area contributed by atoms with Crippen LogP contribution < -0.4 is 10.2 Å². The van der Waals surface area contributed by atoms with Gasteiger partial charge in [-0.2, -0.15) is 0 Å². The van der Waals surface area contributed by atoms with Crippen LogP contribution in [0.3, 0.4) is 0 Å². The van der Waals surface area contributed by atoms with Gasteiger partial charge in [-0.15, -0.1) is 0 Å². The van der Waals surface area contributed by atoms with Crippen molar-refractivity contribution < 1.29 is 9.59 Å². The number of aliphatic imine (C=N–C) groups is 1. The third-order valence-electron chi connectivity index (χ3n) is 6.10. The predicted molar refractivity (Wildman–Crippen MR) is 109 cm³/mol. The monoisotopic (exact) mass is 373 g/mol. The van der Waals surface area contributed by atoms with Gasteiger partial charge in [-0.1, -0.05) is 36.4 Å². The summed E-state index contributed by atoms with van der Waals surface area (Å²) in [5.41, 5.74) is 4.98. The first-order valence-electron chi connectivity index (χ1n) is 10.1. The van der Waals surface area contributed by atoms with Crippen molar-refractivity contribution in [2.75, 3.05) is 11.4 Å². The number of fused-ring (bicyclic) bond motifs is 3. The second kappa shape index (κ2) is 6.89. The Labute approximate surface area is 164 Å². The van der Waals surface area contributed by atoms with Crippen LogP contribution in [0.15, 0.2) is 53.5 Å². The van der Waals surface area contributed by atoms with Gasteiger partial charge in [-0.25, -0.2) is 0 Å². The van der Waals surface area contributed by atoms with E-state index >= 15 is 0 Å². The van der Waals surface area contributed by atoms with Crippen molar-refractivity contribution in [1.29, 1.82) is 0 Å². The van der Waals surface area contributed by atoms with Gasteiger partial charge in [-0.3, -0.25) is 14.6 Å². The normalized spacial score (nSPS) is 22.8. The molecule has 2 aromatic carbocycles. The van der Waals surface area contributed by atoms with Gasteiger partial charge in [-0.05, 0) is 55.4 Å². The van der Waals surface area contributed by atoms with E-state index in [9.17, 15) is 9.59 Å². The van der Waals surface area contributed by atoms with E-state index in [0.29, 0.717) is 0 Å². The summed E-state index contributed by atoms with van der Waals surface area (Å²) in [6, 6.07) is 15.9. The smallest absolute Gasteiger partial charge is 0.240 e. The molecule has 5 heteroatoms. The van der Waals surface area contributed by atoms with Crippen molar-refractivity contribution in [3.05, 3.63) is 59.7 Å². The highest BCUT2D eigenvalue weighted by Crippen LogP contribution is 2.38. The summed E-state index contributed by atoms with van der Waals surface area (Å²) < 4.78 is 0. The van der Waals surface area contributed by atoms with Gasteiger partial charge in [0.15, 0.2) is 0 Å². The number of nitrogens with zero attached hydrogens (tertiary/aromatic N) is 2. The zero-order valence-corrected chi connectivity index (χ0v) is 15.7. The maximum absolute atomic E-state index is 13.2.